The fraction of sp³-hybridized carbons (Fsp3) is 0.364. The van der Waals surface area contributed by atoms with E-state index in [0.717, 1.165) is 36.1 Å². The summed E-state index contributed by atoms with van der Waals surface area (Å²) in [6, 6.07) is 11.9. The van der Waals surface area contributed by atoms with Crippen molar-refractivity contribution in [2.75, 3.05) is 29.4 Å². The molecule has 1 fully saturated rings. The molecule has 5 rings (SSSR count). The monoisotopic (exact) mass is 349 g/mol. The van der Waals surface area contributed by atoms with E-state index >= 15 is 0 Å². The molecule has 3 heterocycles. The van der Waals surface area contributed by atoms with E-state index < -0.39 is 0 Å². The van der Waals surface area contributed by atoms with E-state index in [-0.39, 0.29) is 5.82 Å². The summed E-state index contributed by atoms with van der Waals surface area (Å²) < 4.78 is 13.7. The molecule has 0 bridgehead atoms. The third kappa shape index (κ3) is 2.74. The average Bonchev–Trinajstić information content (AvgIpc) is 3.11. The van der Waals surface area contributed by atoms with Gasteiger partial charge in [-0.1, -0.05) is 6.07 Å². The molecule has 0 spiro atoms. The van der Waals surface area contributed by atoms with E-state index in [1.54, 1.807) is 6.07 Å². The van der Waals surface area contributed by atoms with Crippen molar-refractivity contribution in [2.24, 2.45) is 0 Å². The van der Waals surface area contributed by atoms with E-state index in [4.69, 9.17) is 0 Å². The van der Waals surface area contributed by atoms with Gasteiger partial charge in [-0.2, -0.15) is 0 Å². The van der Waals surface area contributed by atoms with Crippen LogP contribution in [0.1, 0.15) is 30.4 Å². The van der Waals surface area contributed by atoms with Crippen LogP contribution in [0.3, 0.4) is 0 Å². The van der Waals surface area contributed by atoms with Crippen LogP contribution in [0.15, 0.2) is 42.6 Å². The number of fused-ring (bicyclic) bond motifs is 2. The summed E-state index contributed by atoms with van der Waals surface area (Å²) in [4.78, 5) is 8.16. The van der Waals surface area contributed by atoms with Crippen LogP contribution < -0.4 is 9.80 Å². The topological polar surface area (TPSA) is 22.3 Å². The number of rotatable bonds is 2. The normalized spacial score (nSPS) is 17.6. The van der Waals surface area contributed by atoms with Crippen molar-refractivity contribution in [2.45, 2.75) is 32.2 Å². The quantitative estimate of drug-likeness (QED) is 0.714. The van der Waals surface area contributed by atoms with Crippen LogP contribution in [-0.4, -0.2) is 24.6 Å². The van der Waals surface area contributed by atoms with Gasteiger partial charge >= 0.3 is 0 Å². The number of hydrogen-bond acceptors (Lipinski definition) is 2. The molecule has 1 aromatic heterocycles. The molecule has 3 nitrogen and oxygen atoms in total. The highest BCUT2D eigenvalue weighted by Gasteiger charge is 2.21. The van der Waals surface area contributed by atoms with Crippen LogP contribution in [0.2, 0.25) is 0 Å². The average molecular weight is 349 g/mol. The second kappa shape index (κ2) is 6.35. The number of halogens is 1. The summed E-state index contributed by atoms with van der Waals surface area (Å²) >= 11 is 0. The zero-order valence-corrected chi connectivity index (χ0v) is 15.0. The van der Waals surface area contributed by atoms with Crippen molar-refractivity contribution in [3.63, 3.8) is 0 Å². The third-order valence-electron chi connectivity index (χ3n) is 5.89. The van der Waals surface area contributed by atoms with Crippen LogP contribution in [0.25, 0.3) is 10.9 Å². The fourth-order valence-corrected chi connectivity index (χ4v) is 4.43. The van der Waals surface area contributed by atoms with Gasteiger partial charge < -0.3 is 14.8 Å². The molecular weight excluding hydrogens is 325 g/mol. The maximum Gasteiger partial charge on any atom is 0.124 e. The van der Waals surface area contributed by atoms with E-state index in [0.29, 0.717) is 0 Å². The number of anilines is 2. The van der Waals surface area contributed by atoms with Gasteiger partial charge in [0.05, 0.1) is 5.69 Å². The molecule has 1 N–H and O–H groups in total. The minimum Gasteiger partial charge on any atom is -0.372 e. The first-order chi connectivity index (χ1) is 12.8. The minimum atomic E-state index is -0.179. The number of nitrogens with one attached hydrogen (secondary N) is 1. The highest BCUT2D eigenvalue weighted by Crippen LogP contribution is 2.33. The number of aromatic amines is 1. The molecule has 0 unspecified atom stereocenters. The van der Waals surface area contributed by atoms with Crippen LogP contribution >= 0.6 is 0 Å². The van der Waals surface area contributed by atoms with Gasteiger partial charge in [0.1, 0.15) is 5.82 Å². The molecule has 2 aliphatic heterocycles. The van der Waals surface area contributed by atoms with Crippen molar-refractivity contribution in [3.8, 4) is 0 Å². The van der Waals surface area contributed by atoms with Gasteiger partial charge in [0.2, 0.25) is 0 Å². The van der Waals surface area contributed by atoms with Gasteiger partial charge in [0.25, 0.3) is 0 Å². The van der Waals surface area contributed by atoms with E-state index in [1.165, 1.54) is 55.2 Å². The first-order valence-corrected chi connectivity index (χ1v) is 9.66. The summed E-state index contributed by atoms with van der Waals surface area (Å²) in [6.07, 6.45) is 7.03. The van der Waals surface area contributed by atoms with E-state index in [1.807, 2.05) is 12.3 Å². The number of hydrogen-bond donors (Lipinski definition) is 1. The predicted octanol–water partition coefficient (Wildman–Crippen LogP) is 4.86. The van der Waals surface area contributed by atoms with E-state index in [9.17, 15) is 4.39 Å². The Balaban J connectivity index is 1.42. The summed E-state index contributed by atoms with van der Waals surface area (Å²) in [7, 11) is 0. The van der Waals surface area contributed by atoms with Crippen molar-refractivity contribution < 1.29 is 4.39 Å². The zero-order valence-electron chi connectivity index (χ0n) is 15.0. The van der Waals surface area contributed by atoms with Gasteiger partial charge in [-0.15, -0.1) is 0 Å². The summed E-state index contributed by atoms with van der Waals surface area (Å²) in [5.41, 5.74) is 6.34. The first-order valence-electron chi connectivity index (χ1n) is 9.66. The highest BCUT2D eigenvalue weighted by molar-refractivity contribution is 5.93. The van der Waals surface area contributed by atoms with Gasteiger partial charge in [-0.05, 0) is 67.1 Å². The number of nitrogens with zero attached hydrogens (tertiary/aromatic N) is 2. The molecule has 4 heteroatoms. The van der Waals surface area contributed by atoms with Crippen molar-refractivity contribution >= 4 is 22.3 Å². The lowest BCUT2D eigenvalue weighted by molar-refractivity contribution is 0.577. The molecule has 0 amide bonds. The molecule has 0 atom stereocenters. The molecule has 2 aliphatic rings. The number of piperidine rings is 1. The van der Waals surface area contributed by atoms with Crippen LogP contribution in [-0.2, 0) is 13.0 Å². The van der Waals surface area contributed by atoms with Crippen molar-refractivity contribution in [1.29, 1.82) is 0 Å². The van der Waals surface area contributed by atoms with Crippen LogP contribution in [0, 0.1) is 5.82 Å². The van der Waals surface area contributed by atoms with E-state index in [2.05, 4.69) is 33.0 Å². The van der Waals surface area contributed by atoms with Gasteiger partial charge in [-0.25, -0.2) is 4.39 Å². The molecule has 26 heavy (non-hydrogen) atoms. The largest absolute Gasteiger partial charge is 0.372 e. The smallest absolute Gasteiger partial charge is 0.124 e. The summed E-state index contributed by atoms with van der Waals surface area (Å²) in [5.74, 6) is -0.179. The summed E-state index contributed by atoms with van der Waals surface area (Å²) in [6.45, 7) is 4.23. The maximum absolute atomic E-state index is 13.7. The van der Waals surface area contributed by atoms with Crippen molar-refractivity contribution in [3.05, 3.63) is 59.5 Å². The van der Waals surface area contributed by atoms with Crippen molar-refractivity contribution in [1.82, 2.24) is 4.98 Å². The number of aromatic nitrogens is 1. The lowest BCUT2D eigenvalue weighted by Gasteiger charge is -2.33. The molecule has 0 radical (unpaired) electrons. The Morgan fingerprint density at radius 2 is 1.73 bits per heavy atom. The lowest BCUT2D eigenvalue weighted by Crippen LogP contribution is -2.32. The Morgan fingerprint density at radius 1 is 0.846 bits per heavy atom. The Labute approximate surface area is 153 Å². The SMILES string of the molecule is Fc1ccc2[nH]cc(N3CCc4cc(N5CCCCC5)ccc4C3)c2c1. The number of H-pyrrole nitrogens is 1. The molecule has 2 aromatic carbocycles. The van der Waals surface area contributed by atoms with Crippen LogP contribution in [0.5, 0.6) is 0 Å². The maximum atomic E-state index is 13.7. The standard InChI is InChI=1S/C22H24FN3/c23-18-5-7-21-20(13-18)22(14-24-21)26-11-8-16-12-19(6-4-17(16)15-26)25-9-2-1-3-10-25/h4-7,12-14,24H,1-3,8-11,15H2. The third-order valence-corrected chi connectivity index (χ3v) is 5.89. The molecule has 0 aliphatic carbocycles. The van der Waals surface area contributed by atoms with Crippen LogP contribution in [0.4, 0.5) is 15.8 Å². The molecule has 134 valence electrons. The highest BCUT2D eigenvalue weighted by atomic mass is 19.1. The fourth-order valence-electron chi connectivity index (χ4n) is 4.43. The lowest BCUT2D eigenvalue weighted by atomic mass is 9.97. The Hall–Kier alpha value is -2.49. The second-order valence-electron chi connectivity index (χ2n) is 7.54. The zero-order chi connectivity index (χ0) is 17.5. The first kappa shape index (κ1) is 15.7. The number of benzene rings is 2. The second-order valence-corrected chi connectivity index (χ2v) is 7.54. The summed E-state index contributed by atoms with van der Waals surface area (Å²) in [5, 5.41) is 0.971. The molecular formula is C22H24FN3. The molecule has 1 saturated heterocycles. The Morgan fingerprint density at radius 3 is 2.62 bits per heavy atom. The molecule has 3 aromatic rings. The molecule has 0 saturated carbocycles. The minimum absolute atomic E-state index is 0.179. The predicted molar refractivity (Wildman–Crippen MR) is 106 cm³/mol. The van der Waals surface area contributed by atoms with Gasteiger partial charge in [-0.3, -0.25) is 0 Å². The van der Waals surface area contributed by atoms with Gasteiger partial charge in [0.15, 0.2) is 0 Å². The Kier molecular flexibility index (Phi) is 3.84. The van der Waals surface area contributed by atoms with Gasteiger partial charge in [0, 0.05) is 49.0 Å². The Bertz CT molecular complexity index is 940.